The number of aryl methyl sites for hydroxylation is 1. The number of nitrogens with two attached hydrogens (primary N) is 1. The average Bonchev–Trinajstić information content (AvgIpc) is 2.73. The molecular formula is C11H12N4OS. The van der Waals surface area contributed by atoms with Crippen molar-refractivity contribution in [2.45, 2.75) is 13.5 Å². The minimum Gasteiger partial charge on any atom is -0.444 e. The molecule has 0 aliphatic heterocycles. The lowest BCUT2D eigenvalue weighted by Crippen LogP contribution is -2.14. The molecule has 2 rings (SSSR count). The Balaban J connectivity index is 2.11. The fourth-order valence-electron chi connectivity index (χ4n) is 1.39. The van der Waals surface area contributed by atoms with Crippen LogP contribution in [0, 0.1) is 6.92 Å². The van der Waals surface area contributed by atoms with Gasteiger partial charge < -0.3 is 15.5 Å². The van der Waals surface area contributed by atoms with Crippen LogP contribution in [0.1, 0.15) is 17.2 Å². The first-order valence-electron chi connectivity index (χ1n) is 5.07. The van der Waals surface area contributed by atoms with Crippen LogP contribution in [0.2, 0.25) is 0 Å². The minimum absolute atomic E-state index is 0.309. The second kappa shape index (κ2) is 4.92. The van der Waals surface area contributed by atoms with Crippen molar-refractivity contribution in [2.75, 3.05) is 5.32 Å². The van der Waals surface area contributed by atoms with Crippen molar-refractivity contribution in [3.63, 3.8) is 0 Å². The molecule has 0 saturated heterocycles. The molecule has 0 unspecified atom stereocenters. The third-order valence-electron chi connectivity index (χ3n) is 2.15. The average molecular weight is 248 g/mol. The largest absolute Gasteiger partial charge is 0.444 e. The number of oxazole rings is 1. The van der Waals surface area contributed by atoms with Gasteiger partial charge in [-0.25, -0.2) is 9.97 Å². The van der Waals surface area contributed by atoms with Gasteiger partial charge in [0.15, 0.2) is 0 Å². The zero-order valence-corrected chi connectivity index (χ0v) is 10.1. The summed E-state index contributed by atoms with van der Waals surface area (Å²) in [5.41, 5.74) is 6.31. The Morgan fingerprint density at radius 1 is 1.53 bits per heavy atom. The van der Waals surface area contributed by atoms with Gasteiger partial charge >= 0.3 is 0 Å². The number of nitrogens with zero attached hydrogens (tertiary/aromatic N) is 2. The van der Waals surface area contributed by atoms with Crippen molar-refractivity contribution in [2.24, 2.45) is 5.73 Å². The predicted octanol–water partition coefficient (Wildman–Crippen LogP) is 1.62. The van der Waals surface area contributed by atoms with Gasteiger partial charge in [-0.1, -0.05) is 12.2 Å². The summed E-state index contributed by atoms with van der Waals surface area (Å²) in [5, 5.41) is 3.09. The van der Waals surface area contributed by atoms with E-state index >= 15 is 0 Å². The molecule has 0 saturated carbocycles. The van der Waals surface area contributed by atoms with Gasteiger partial charge in [0, 0.05) is 6.20 Å². The van der Waals surface area contributed by atoms with Crippen LogP contribution in [0.5, 0.6) is 0 Å². The smallest absolute Gasteiger partial charge is 0.213 e. The van der Waals surface area contributed by atoms with E-state index in [0.29, 0.717) is 28.8 Å². The number of pyridine rings is 1. The summed E-state index contributed by atoms with van der Waals surface area (Å²) in [5.74, 6) is 2.01. The summed E-state index contributed by atoms with van der Waals surface area (Å²) in [6.07, 6.45) is 3.34. The number of thiocarbonyl (C=S) groups is 1. The van der Waals surface area contributed by atoms with Crippen LogP contribution in [0.15, 0.2) is 28.9 Å². The zero-order chi connectivity index (χ0) is 12.3. The highest BCUT2D eigenvalue weighted by Gasteiger charge is 2.07. The van der Waals surface area contributed by atoms with Crippen molar-refractivity contribution in [3.05, 3.63) is 41.7 Å². The van der Waals surface area contributed by atoms with Crippen LogP contribution < -0.4 is 11.1 Å². The van der Waals surface area contributed by atoms with E-state index in [2.05, 4.69) is 15.3 Å². The molecule has 5 nitrogen and oxygen atoms in total. The highest BCUT2D eigenvalue weighted by atomic mass is 32.1. The highest BCUT2D eigenvalue weighted by molar-refractivity contribution is 7.80. The minimum atomic E-state index is 0.309. The molecule has 6 heteroatoms. The summed E-state index contributed by atoms with van der Waals surface area (Å²) in [4.78, 5) is 8.57. The summed E-state index contributed by atoms with van der Waals surface area (Å²) < 4.78 is 5.34. The summed E-state index contributed by atoms with van der Waals surface area (Å²) in [6, 6.07) is 3.60. The Morgan fingerprint density at radius 3 is 3.00 bits per heavy atom. The van der Waals surface area contributed by atoms with Gasteiger partial charge in [0.05, 0.1) is 18.3 Å². The predicted molar refractivity (Wildman–Crippen MR) is 68.7 cm³/mol. The van der Waals surface area contributed by atoms with E-state index < -0.39 is 0 Å². The number of hydrogen-bond acceptors (Lipinski definition) is 5. The number of nitrogens with one attached hydrogen (secondary N) is 1. The SMILES string of the molecule is Cc1cnc(CNc2ncccc2C(N)=S)o1. The lowest BCUT2D eigenvalue weighted by atomic mass is 10.2. The van der Waals surface area contributed by atoms with E-state index in [1.165, 1.54) is 0 Å². The van der Waals surface area contributed by atoms with Crippen molar-refractivity contribution in [1.82, 2.24) is 9.97 Å². The molecule has 0 radical (unpaired) electrons. The number of aromatic nitrogens is 2. The fourth-order valence-corrected chi connectivity index (χ4v) is 1.55. The van der Waals surface area contributed by atoms with Crippen molar-refractivity contribution < 1.29 is 4.42 Å². The van der Waals surface area contributed by atoms with Gasteiger partial charge in [-0.3, -0.25) is 0 Å². The Morgan fingerprint density at radius 2 is 2.35 bits per heavy atom. The van der Waals surface area contributed by atoms with E-state index in [4.69, 9.17) is 22.4 Å². The van der Waals surface area contributed by atoms with Crippen LogP contribution >= 0.6 is 12.2 Å². The molecule has 0 bridgehead atoms. The molecule has 2 aromatic rings. The van der Waals surface area contributed by atoms with Gasteiger partial charge in [0.1, 0.15) is 16.6 Å². The van der Waals surface area contributed by atoms with Crippen molar-refractivity contribution in [1.29, 1.82) is 0 Å². The Labute approximate surface area is 104 Å². The molecule has 17 heavy (non-hydrogen) atoms. The second-order valence-electron chi connectivity index (χ2n) is 3.48. The van der Waals surface area contributed by atoms with E-state index in [1.54, 1.807) is 18.5 Å². The van der Waals surface area contributed by atoms with Crippen molar-refractivity contribution >= 4 is 23.0 Å². The maximum atomic E-state index is 5.60. The summed E-state index contributed by atoms with van der Waals surface area (Å²) in [6.45, 7) is 2.29. The van der Waals surface area contributed by atoms with E-state index in [1.807, 2.05) is 13.0 Å². The fraction of sp³-hybridized carbons (Fsp3) is 0.182. The molecule has 0 aliphatic rings. The number of hydrogen-bond donors (Lipinski definition) is 2. The van der Waals surface area contributed by atoms with Crippen LogP contribution in [0.3, 0.4) is 0 Å². The van der Waals surface area contributed by atoms with Crippen LogP contribution in [0.25, 0.3) is 0 Å². The van der Waals surface area contributed by atoms with Gasteiger partial charge in [-0.2, -0.15) is 0 Å². The molecule has 0 fully saturated rings. The maximum Gasteiger partial charge on any atom is 0.213 e. The highest BCUT2D eigenvalue weighted by Crippen LogP contribution is 2.12. The first-order chi connectivity index (χ1) is 8.16. The van der Waals surface area contributed by atoms with Gasteiger partial charge in [0.2, 0.25) is 5.89 Å². The maximum absolute atomic E-state index is 5.60. The molecule has 0 amide bonds. The monoisotopic (exact) mass is 248 g/mol. The first-order valence-corrected chi connectivity index (χ1v) is 5.47. The molecule has 2 aromatic heterocycles. The normalized spacial score (nSPS) is 10.2. The van der Waals surface area contributed by atoms with E-state index in [9.17, 15) is 0 Å². The van der Waals surface area contributed by atoms with Gasteiger partial charge in [-0.15, -0.1) is 0 Å². The van der Waals surface area contributed by atoms with E-state index in [0.717, 1.165) is 5.76 Å². The standard InChI is InChI=1S/C11H12N4OS/c1-7-5-14-9(16-7)6-15-11-8(10(12)17)3-2-4-13-11/h2-5H,6H2,1H3,(H2,12,17)(H,13,15). The van der Waals surface area contributed by atoms with Crippen LogP contribution in [0.4, 0.5) is 5.82 Å². The van der Waals surface area contributed by atoms with Gasteiger partial charge in [-0.05, 0) is 19.1 Å². The topological polar surface area (TPSA) is 77.0 Å². The van der Waals surface area contributed by atoms with Crippen molar-refractivity contribution in [3.8, 4) is 0 Å². The molecule has 0 aromatic carbocycles. The molecule has 2 heterocycles. The molecule has 0 aliphatic carbocycles. The quantitative estimate of drug-likeness (QED) is 0.801. The third-order valence-corrected chi connectivity index (χ3v) is 2.37. The first kappa shape index (κ1) is 11.5. The van der Waals surface area contributed by atoms with E-state index in [-0.39, 0.29) is 0 Å². The zero-order valence-electron chi connectivity index (χ0n) is 9.30. The van der Waals surface area contributed by atoms with Crippen LogP contribution in [-0.2, 0) is 6.54 Å². The molecule has 3 N–H and O–H groups in total. The Hall–Kier alpha value is -1.95. The summed E-state index contributed by atoms with van der Waals surface area (Å²) >= 11 is 4.94. The third kappa shape index (κ3) is 2.79. The number of anilines is 1. The molecule has 88 valence electrons. The Kier molecular flexibility index (Phi) is 3.34. The number of rotatable bonds is 4. The lowest BCUT2D eigenvalue weighted by molar-refractivity contribution is 0.479. The molecule has 0 spiro atoms. The summed E-state index contributed by atoms with van der Waals surface area (Å²) in [7, 11) is 0. The van der Waals surface area contributed by atoms with Gasteiger partial charge in [0.25, 0.3) is 0 Å². The second-order valence-corrected chi connectivity index (χ2v) is 3.92. The molecule has 0 atom stereocenters. The van der Waals surface area contributed by atoms with Crippen LogP contribution in [-0.4, -0.2) is 15.0 Å². The Bertz CT molecular complexity index is 538. The lowest BCUT2D eigenvalue weighted by Gasteiger charge is -2.07. The molecular weight excluding hydrogens is 236 g/mol.